The first-order chi connectivity index (χ1) is 14.0. The molecular formula is C21H21ClN2O4S. The molecule has 0 radical (unpaired) electrons. The molecule has 2 heterocycles. The Morgan fingerprint density at radius 2 is 1.86 bits per heavy atom. The maximum atomic E-state index is 13.0. The van der Waals surface area contributed by atoms with Crippen LogP contribution in [0.1, 0.15) is 29.6 Å². The summed E-state index contributed by atoms with van der Waals surface area (Å²) in [5.74, 6) is 0.536. The van der Waals surface area contributed by atoms with Gasteiger partial charge in [0.15, 0.2) is 6.29 Å². The van der Waals surface area contributed by atoms with Gasteiger partial charge in [-0.25, -0.2) is 8.42 Å². The zero-order valence-corrected chi connectivity index (χ0v) is 17.5. The van der Waals surface area contributed by atoms with Gasteiger partial charge in [0.2, 0.25) is 10.0 Å². The molecule has 0 aliphatic carbocycles. The molecule has 3 aromatic rings. The Kier molecular flexibility index (Phi) is 5.38. The summed E-state index contributed by atoms with van der Waals surface area (Å²) >= 11 is 6.23. The van der Waals surface area contributed by atoms with Crippen LogP contribution in [0, 0.1) is 0 Å². The SMILES string of the molecule is COc1ccc(-c2[nH]c3ccc(S(=O)(=O)N4CCCCC4)cc3c2C=O)cc1Cl. The second kappa shape index (κ2) is 7.82. The largest absolute Gasteiger partial charge is 0.495 e. The van der Waals surface area contributed by atoms with E-state index in [1.54, 1.807) is 36.4 Å². The number of nitrogens with zero attached hydrogens (tertiary/aromatic N) is 1. The molecule has 1 aliphatic rings. The average molecular weight is 433 g/mol. The highest BCUT2D eigenvalue weighted by atomic mass is 35.5. The molecule has 0 bridgehead atoms. The topological polar surface area (TPSA) is 79.5 Å². The van der Waals surface area contributed by atoms with Crippen molar-refractivity contribution in [2.24, 2.45) is 0 Å². The van der Waals surface area contributed by atoms with Crippen molar-refractivity contribution in [1.82, 2.24) is 9.29 Å². The third-order valence-corrected chi connectivity index (χ3v) is 7.51. The normalized spacial score (nSPS) is 15.5. The summed E-state index contributed by atoms with van der Waals surface area (Å²) in [7, 11) is -2.05. The summed E-state index contributed by atoms with van der Waals surface area (Å²) in [6, 6.07) is 10.1. The number of sulfonamides is 1. The molecule has 0 saturated carbocycles. The monoisotopic (exact) mass is 432 g/mol. The minimum absolute atomic E-state index is 0.202. The number of hydrogen-bond donors (Lipinski definition) is 1. The maximum Gasteiger partial charge on any atom is 0.243 e. The van der Waals surface area contributed by atoms with Gasteiger partial charge < -0.3 is 9.72 Å². The minimum Gasteiger partial charge on any atom is -0.495 e. The first kappa shape index (κ1) is 19.9. The van der Waals surface area contributed by atoms with Crippen molar-refractivity contribution in [2.75, 3.05) is 20.2 Å². The van der Waals surface area contributed by atoms with Crippen molar-refractivity contribution >= 4 is 38.8 Å². The van der Waals surface area contributed by atoms with E-state index in [9.17, 15) is 13.2 Å². The number of nitrogens with one attached hydrogen (secondary N) is 1. The van der Waals surface area contributed by atoms with Crippen LogP contribution in [0.3, 0.4) is 0 Å². The molecule has 29 heavy (non-hydrogen) atoms. The predicted octanol–water partition coefficient (Wildman–Crippen LogP) is 4.48. The zero-order valence-electron chi connectivity index (χ0n) is 15.9. The Hall–Kier alpha value is -2.35. The third-order valence-electron chi connectivity index (χ3n) is 5.32. The second-order valence-electron chi connectivity index (χ2n) is 7.05. The van der Waals surface area contributed by atoms with Crippen LogP contribution >= 0.6 is 11.6 Å². The highest BCUT2D eigenvalue weighted by Crippen LogP contribution is 2.35. The zero-order chi connectivity index (χ0) is 20.6. The molecule has 0 spiro atoms. The lowest BCUT2D eigenvalue weighted by atomic mass is 10.1. The number of hydrogen-bond acceptors (Lipinski definition) is 4. The molecule has 2 aromatic carbocycles. The minimum atomic E-state index is -3.58. The van der Waals surface area contributed by atoms with E-state index in [0.29, 0.717) is 46.0 Å². The van der Waals surface area contributed by atoms with Gasteiger partial charge >= 0.3 is 0 Å². The fraction of sp³-hybridized carbons (Fsp3) is 0.286. The predicted molar refractivity (Wildman–Crippen MR) is 113 cm³/mol. The third kappa shape index (κ3) is 3.54. The summed E-state index contributed by atoms with van der Waals surface area (Å²) in [5, 5.41) is 0.994. The van der Waals surface area contributed by atoms with Crippen LogP contribution in [0.4, 0.5) is 0 Å². The Morgan fingerprint density at radius 1 is 1.10 bits per heavy atom. The van der Waals surface area contributed by atoms with Crippen molar-refractivity contribution in [1.29, 1.82) is 0 Å². The van der Waals surface area contributed by atoms with E-state index < -0.39 is 10.0 Å². The number of aromatic amines is 1. The first-order valence-electron chi connectivity index (χ1n) is 9.40. The number of methoxy groups -OCH3 is 1. The van der Waals surface area contributed by atoms with Crippen LogP contribution < -0.4 is 4.74 Å². The number of halogens is 1. The molecule has 152 valence electrons. The highest BCUT2D eigenvalue weighted by Gasteiger charge is 2.27. The molecule has 0 atom stereocenters. The van der Waals surface area contributed by atoms with Crippen molar-refractivity contribution < 1.29 is 17.9 Å². The van der Waals surface area contributed by atoms with Crippen LogP contribution in [-0.4, -0.2) is 44.2 Å². The maximum absolute atomic E-state index is 13.0. The number of fused-ring (bicyclic) bond motifs is 1. The molecule has 1 aromatic heterocycles. The molecular weight excluding hydrogens is 412 g/mol. The average Bonchev–Trinajstić information content (AvgIpc) is 3.12. The number of rotatable bonds is 5. The molecule has 4 rings (SSSR count). The molecule has 0 amide bonds. The first-order valence-corrected chi connectivity index (χ1v) is 11.2. The number of H-pyrrole nitrogens is 1. The second-order valence-corrected chi connectivity index (χ2v) is 9.40. The van der Waals surface area contributed by atoms with Crippen molar-refractivity contribution in [3.05, 3.63) is 47.0 Å². The van der Waals surface area contributed by atoms with Gasteiger partial charge in [0.25, 0.3) is 0 Å². The van der Waals surface area contributed by atoms with E-state index >= 15 is 0 Å². The van der Waals surface area contributed by atoms with Crippen LogP contribution in [0.25, 0.3) is 22.2 Å². The van der Waals surface area contributed by atoms with Crippen LogP contribution in [0.15, 0.2) is 41.3 Å². The van der Waals surface area contributed by atoms with Crippen molar-refractivity contribution in [3.8, 4) is 17.0 Å². The Balaban J connectivity index is 1.82. The lowest BCUT2D eigenvalue weighted by Crippen LogP contribution is -2.35. The molecule has 1 aliphatic heterocycles. The van der Waals surface area contributed by atoms with E-state index in [-0.39, 0.29) is 4.90 Å². The summed E-state index contributed by atoms with van der Waals surface area (Å²) < 4.78 is 32.7. The van der Waals surface area contributed by atoms with Gasteiger partial charge in [0.1, 0.15) is 5.75 Å². The van der Waals surface area contributed by atoms with Gasteiger partial charge in [0.05, 0.1) is 22.7 Å². The fourth-order valence-corrected chi connectivity index (χ4v) is 5.58. The number of aldehydes is 1. The Bertz CT molecular complexity index is 1180. The number of carbonyl (C=O) groups excluding carboxylic acids is 1. The van der Waals surface area contributed by atoms with Crippen LogP contribution in [0.5, 0.6) is 5.75 Å². The lowest BCUT2D eigenvalue weighted by Gasteiger charge is -2.25. The van der Waals surface area contributed by atoms with E-state index in [1.807, 2.05) is 0 Å². The fourth-order valence-electron chi connectivity index (χ4n) is 3.78. The van der Waals surface area contributed by atoms with Gasteiger partial charge in [-0.05, 0) is 49.2 Å². The number of piperidine rings is 1. The molecule has 1 N–H and O–H groups in total. The number of carbonyl (C=O) groups is 1. The smallest absolute Gasteiger partial charge is 0.243 e. The quantitative estimate of drug-likeness (QED) is 0.602. The molecule has 1 saturated heterocycles. The summed E-state index contributed by atoms with van der Waals surface area (Å²) in [6.07, 6.45) is 3.52. The van der Waals surface area contributed by atoms with Gasteiger partial charge in [-0.3, -0.25) is 4.79 Å². The van der Waals surface area contributed by atoms with E-state index in [2.05, 4.69) is 4.98 Å². The highest BCUT2D eigenvalue weighted by molar-refractivity contribution is 7.89. The van der Waals surface area contributed by atoms with E-state index in [0.717, 1.165) is 31.1 Å². The Labute approximate surface area is 174 Å². The number of aromatic nitrogens is 1. The van der Waals surface area contributed by atoms with Gasteiger partial charge in [0, 0.05) is 35.1 Å². The summed E-state index contributed by atoms with van der Waals surface area (Å²) in [5.41, 5.74) is 2.39. The van der Waals surface area contributed by atoms with E-state index in [4.69, 9.17) is 16.3 Å². The lowest BCUT2D eigenvalue weighted by molar-refractivity contribution is 0.112. The number of ether oxygens (including phenoxy) is 1. The van der Waals surface area contributed by atoms with Crippen LogP contribution in [-0.2, 0) is 10.0 Å². The summed E-state index contributed by atoms with van der Waals surface area (Å²) in [6.45, 7) is 1.06. The Morgan fingerprint density at radius 3 is 2.52 bits per heavy atom. The van der Waals surface area contributed by atoms with Gasteiger partial charge in [-0.1, -0.05) is 18.0 Å². The van der Waals surface area contributed by atoms with Gasteiger partial charge in [-0.2, -0.15) is 4.31 Å². The molecule has 0 unspecified atom stereocenters. The molecule has 8 heteroatoms. The van der Waals surface area contributed by atoms with Crippen molar-refractivity contribution in [2.45, 2.75) is 24.2 Å². The van der Waals surface area contributed by atoms with E-state index in [1.165, 1.54) is 11.4 Å². The number of benzene rings is 2. The molecule has 1 fully saturated rings. The standard InChI is InChI=1S/C21H21ClN2O4S/c1-28-20-8-5-14(11-18(20)22)21-17(13-25)16-12-15(6-7-19(16)23-21)29(26,27)24-9-3-2-4-10-24/h5-8,11-13,23H,2-4,9-10H2,1H3. The van der Waals surface area contributed by atoms with Gasteiger partial charge in [-0.15, -0.1) is 0 Å². The molecule has 6 nitrogen and oxygen atoms in total. The summed E-state index contributed by atoms with van der Waals surface area (Å²) in [4.78, 5) is 15.3. The van der Waals surface area contributed by atoms with Crippen LogP contribution in [0.2, 0.25) is 5.02 Å². The van der Waals surface area contributed by atoms with Crippen molar-refractivity contribution in [3.63, 3.8) is 0 Å².